The van der Waals surface area contributed by atoms with E-state index in [1.165, 1.54) is 18.3 Å². The summed E-state index contributed by atoms with van der Waals surface area (Å²) in [5.74, 6) is -1.39. The lowest BCUT2D eigenvalue weighted by Gasteiger charge is -2.08. The van der Waals surface area contributed by atoms with Crippen molar-refractivity contribution < 1.29 is 17.7 Å². The molecule has 10 heteroatoms. The summed E-state index contributed by atoms with van der Waals surface area (Å²) in [6.45, 7) is 0. The number of nitrogens with one attached hydrogen (secondary N) is 1. The largest absolute Gasteiger partial charge is 0.325 e. The molecule has 0 atom stereocenters. The van der Waals surface area contributed by atoms with E-state index in [1.54, 1.807) is 0 Å². The van der Waals surface area contributed by atoms with Gasteiger partial charge in [-0.3, -0.25) is 14.8 Å². The van der Waals surface area contributed by atoms with Gasteiger partial charge in [-0.1, -0.05) is 17.7 Å². The van der Waals surface area contributed by atoms with Gasteiger partial charge in [0.05, 0.1) is 4.92 Å². The molecule has 0 aliphatic carbocycles. The monoisotopic (exact) mass is 331 g/mol. The van der Waals surface area contributed by atoms with Gasteiger partial charge in [-0.25, -0.2) is 13.4 Å². The predicted molar refractivity (Wildman–Crippen MR) is 73.1 cm³/mol. The van der Waals surface area contributed by atoms with Crippen molar-refractivity contribution in [1.29, 1.82) is 0 Å². The Bertz CT molecular complexity index is 813. The number of hydrogen-bond acceptors (Lipinski definition) is 5. The Hall–Kier alpha value is -2.26. The summed E-state index contributed by atoms with van der Waals surface area (Å²) in [4.78, 5) is 12.6. The van der Waals surface area contributed by atoms with Crippen molar-refractivity contribution in [3.63, 3.8) is 0 Å². The fourth-order valence-electron chi connectivity index (χ4n) is 1.54. The minimum atomic E-state index is -4.38. The quantitative estimate of drug-likeness (QED) is 0.685. The maximum atomic E-state index is 13.5. The molecule has 7 nitrogen and oxygen atoms in total. The smallest absolute Gasteiger partial charge is 0.263 e. The summed E-state index contributed by atoms with van der Waals surface area (Å²) >= 11 is 5.68. The van der Waals surface area contributed by atoms with Crippen molar-refractivity contribution in [3.8, 4) is 0 Å². The molecule has 1 aromatic heterocycles. The number of anilines is 1. The van der Waals surface area contributed by atoms with Gasteiger partial charge in [-0.2, -0.15) is 4.39 Å². The first-order valence-electron chi connectivity index (χ1n) is 5.38. The highest BCUT2D eigenvalue weighted by molar-refractivity contribution is 7.92. The molecule has 0 saturated carbocycles. The van der Waals surface area contributed by atoms with E-state index in [2.05, 4.69) is 4.98 Å². The van der Waals surface area contributed by atoms with Crippen molar-refractivity contribution in [2.45, 2.75) is 4.90 Å². The van der Waals surface area contributed by atoms with E-state index in [-0.39, 0.29) is 10.8 Å². The second-order valence-corrected chi connectivity index (χ2v) is 5.90. The van der Waals surface area contributed by atoms with Crippen LogP contribution in [0.4, 0.5) is 15.9 Å². The van der Waals surface area contributed by atoms with Crippen LogP contribution in [0.1, 0.15) is 0 Å². The van der Waals surface area contributed by atoms with E-state index in [0.29, 0.717) is 0 Å². The predicted octanol–water partition coefficient (Wildman–Crippen LogP) is 2.58. The van der Waals surface area contributed by atoms with E-state index in [9.17, 15) is 22.9 Å². The first-order chi connectivity index (χ1) is 9.81. The number of nitro groups is 1. The lowest BCUT2D eigenvalue weighted by Crippen LogP contribution is -2.16. The number of aromatic nitrogens is 1. The molecule has 2 aromatic rings. The average molecular weight is 332 g/mol. The Morgan fingerprint density at radius 1 is 1.33 bits per heavy atom. The Morgan fingerprint density at radius 2 is 2.05 bits per heavy atom. The molecule has 0 saturated heterocycles. The van der Waals surface area contributed by atoms with Crippen molar-refractivity contribution in [1.82, 2.24) is 4.98 Å². The molecular formula is C11H7ClFN3O4S. The van der Waals surface area contributed by atoms with E-state index >= 15 is 0 Å². The number of sulfonamides is 1. The fraction of sp³-hybridized carbons (Fsp3) is 0. The molecule has 1 heterocycles. The van der Waals surface area contributed by atoms with Gasteiger partial charge in [0.15, 0.2) is 4.90 Å². The lowest BCUT2D eigenvalue weighted by atomic mass is 10.3. The molecule has 2 rings (SSSR count). The van der Waals surface area contributed by atoms with E-state index < -0.39 is 31.3 Å². The molecular weight excluding hydrogens is 325 g/mol. The second kappa shape index (κ2) is 5.62. The van der Waals surface area contributed by atoms with E-state index in [4.69, 9.17) is 11.6 Å². The Morgan fingerprint density at radius 3 is 2.67 bits per heavy atom. The SMILES string of the molecule is O=[N+]([O-])c1c(F)cccc1S(=O)(=O)Nc1cc(Cl)ccn1. The number of para-hydroxylation sites is 1. The molecule has 110 valence electrons. The third-order valence-electron chi connectivity index (χ3n) is 2.38. The van der Waals surface area contributed by atoms with E-state index in [1.807, 2.05) is 4.72 Å². The first-order valence-corrected chi connectivity index (χ1v) is 7.24. The third-order valence-corrected chi connectivity index (χ3v) is 4.00. The normalized spacial score (nSPS) is 11.1. The molecule has 0 radical (unpaired) electrons. The van der Waals surface area contributed by atoms with Crippen LogP contribution in [0.15, 0.2) is 41.4 Å². The van der Waals surface area contributed by atoms with Crippen LogP contribution < -0.4 is 4.72 Å². The molecule has 21 heavy (non-hydrogen) atoms. The Kier molecular flexibility index (Phi) is 4.05. The number of pyridine rings is 1. The van der Waals surface area contributed by atoms with Crippen LogP contribution in [0, 0.1) is 15.9 Å². The molecule has 1 aromatic carbocycles. The van der Waals surface area contributed by atoms with Crippen LogP contribution in [-0.2, 0) is 10.0 Å². The topological polar surface area (TPSA) is 102 Å². The highest BCUT2D eigenvalue weighted by Gasteiger charge is 2.29. The zero-order chi connectivity index (χ0) is 15.6. The summed E-state index contributed by atoms with van der Waals surface area (Å²) in [5, 5.41) is 11.1. The van der Waals surface area contributed by atoms with Crippen LogP contribution >= 0.6 is 11.6 Å². The van der Waals surface area contributed by atoms with Crippen LogP contribution in [0.25, 0.3) is 0 Å². The maximum absolute atomic E-state index is 13.5. The van der Waals surface area contributed by atoms with Crippen LogP contribution in [0.5, 0.6) is 0 Å². The van der Waals surface area contributed by atoms with Crippen LogP contribution in [0.3, 0.4) is 0 Å². The minimum Gasteiger partial charge on any atom is -0.263 e. The van der Waals surface area contributed by atoms with E-state index in [0.717, 1.165) is 18.2 Å². The summed E-state index contributed by atoms with van der Waals surface area (Å²) in [7, 11) is -4.38. The zero-order valence-corrected chi connectivity index (χ0v) is 11.7. The molecule has 0 unspecified atom stereocenters. The van der Waals surface area contributed by atoms with Gasteiger partial charge in [-0.15, -0.1) is 0 Å². The minimum absolute atomic E-state index is 0.138. The summed E-state index contributed by atoms with van der Waals surface area (Å²) in [5.41, 5.74) is -1.13. The second-order valence-electron chi connectivity index (χ2n) is 3.81. The van der Waals surface area contributed by atoms with Crippen LogP contribution in [-0.4, -0.2) is 18.3 Å². The standard InChI is InChI=1S/C11H7ClFN3O4S/c12-7-4-5-14-10(6-7)15-21(19,20)9-3-1-2-8(13)11(9)16(17)18/h1-6H,(H,14,15). The van der Waals surface area contributed by atoms with Gasteiger partial charge in [-0.05, 0) is 18.2 Å². The molecule has 0 fully saturated rings. The molecule has 1 N–H and O–H groups in total. The average Bonchev–Trinajstić information content (AvgIpc) is 2.37. The Balaban J connectivity index is 2.50. The highest BCUT2D eigenvalue weighted by atomic mass is 35.5. The van der Waals surface area contributed by atoms with Crippen LogP contribution in [0.2, 0.25) is 5.02 Å². The highest BCUT2D eigenvalue weighted by Crippen LogP contribution is 2.28. The lowest BCUT2D eigenvalue weighted by molar-refractivity contribution is -0.390. The number of benzene rings is 1. The number of nitro benzene ring substituents is 1. The molecule has 0 spiro atoms. The van der Waals surface area contributed by atoms with Crippen molar-refractivity contribution in [3.05, 3.63) is 57.5 Å². The van der Waals surface area contributed by atoms with Crippen molar-refractivity contribution in [2.75, 3.05) is 4.72 Å². The first kappa shape index (κ1) is 15.1. The van der Waals surface area contributed by atoms with Gasteiger partial charge in [0, 0.05) is 17.3 Å². The van der Waals surface area contributed by atoms with Crippen molar-refractivity contribution >= 4 is 33.1 Å². The number of nitrogens with zero attached hydrogens (tertiary/aromatic N) is 2. The summed E-state index contributed by atoms with van der Waals surface area (Å²) in [6, 6.07) is 5.42. The number of rotatable bonds is 4. The zero-order valence-electron chi connectivity index (χ0n) is 10.2. The number of hydrogen-bond donors (Lipinski definition) is 1. The third kappa shape index (κ3) is 3.26. The number of halogens is 2. The fourth-order valence-corrected chi connectivity index (χ4v) is 2.88. The molecule has 0 aliphatic rings. The Labute approximate surface area is 123 Å². The van der Waals surface area contributed by atoms with Crippen molar-refractivity contribution in [2.24, 2.45) is 0 Å². The van der Waals surface area contributed by atoms with Gasteiger partial charge in [0.2, 0.25) is 5.82 Å². The van der Waals surface area contributed by atoms with Gasteiger partial charge < -0.3 is 0 Å². The molecule has 0 amide bonds. The summed E-state index contributed by atoms with van der Waals surface area (Å²) < 4.78 is 39.7. The van der Waals surface area contributed by atoms with Gasteiger partial charge >= 0.3 is 5.69 Å². The van der Waals surface area contributed by atoms with Gasteiger partial charge in [0.1, 0.15) is 5.82 Å². The molecule has 0 bridgehead atoms. The van der Waals surface area contributed by atoms with Gasteiger partial charge in [0.25, 0.3) is 10.0 Å². The maximum Gasteiger partial charge on any atom is 0.325 e. The molecule has 0 aliphatic heterocycles. The summed E-state index contributed by atoms with van der Waals surface area (Å²) in [6.07, 6.45) is 1.25.